The highest BCUT2D eigenvalue weighted by atomic mass is 79.9. The van der Waals surface area contributed by atoms with E-state index in [-0.39, 0.29) is 0 Å². The van der Waals surface area contributed by atoms with Crippen LogP contribution in [-0.4, -0.2) is 21.1 Å². The molecule has 0 aliphatic rings. The van der Waals surface area contributed by atoms with Crippen molar-refractivity contribution in [3.63, 3.8) is 0 Å². The number of ether oxygens (including phenoxy) is 1. The second kappa shape index (κ2) is 5.50. The number of anilines is 1. The summed E-state index contributed by atoms with van der Waals surface area (Å²) in [5.74, 6) is 1.29. The minimum atomic E-state index is 0.447. The minimum Gasteiger partial charge on any atom is -0.492 e. The molecule has 1 aromatic carbocycles. The summed E-state index contributed by atoms with van der Waals surface area (Å²) < 4.78 is 8.40. The predicted octanol–water partition coefficient (Wildman–Crippen LogP) is 2.86. The van der Waals surface area contributed by atoms with Gasteiger partial charge in [-0.2, -0.15) is 0 Å². The van der Waals surface area contributed by atoms with E-state index in [1.807, 2.05) is 41.0 Å². The van der Waals surface area contributed by atoms with Crippen LogP contribution in [0.1, 0.15) is 0 Å². The molecule has 0 atom stereocenters. The number of pyridine rings is 1. The molecule has 6 heteroatoms. The van der Waals surface area contributed by atoms with Gasteiger partial charge in [-0.1, -0.05) is 18.2 Å². The number of imidazole rings is 1. The Morgan fingerprint density at radius 2 is 2.05 bits per heavy atom. The molecule has 0 aliphatic carbocycles. The number of fused-ring (bicyclic) bond motifs is 1. The molecule has 0 aliphatic heterocycles. The molecule has 0 radical (unpaired) electrons. The second-order valence-corrected chi connectivity index (χ2v) is 5.20. The number of nitrogen functional groups attached to an aromatic ring is 1. The molecule has 102 valence electrons. The van der Waals surface area contributed by atoms with Crippen LogP contribution in [0.2, 0.25) is 0 Å². The number of nitrogens with two attached hydrogens (primary N) is 1. The lowest BCUT2D eigenvalue weighted by Crippen LogP contribution is -2.11. The van der Waals surface area contributed by atoms with Gasteiger partial charge in [0, 0.05) is 10.7 Å². The van der Waals surface area contributed by atoms with Crippen LogP contribution in [0.3, 0.4) is 0 Å². The number of hydrogen-bond donors (Lipinski definition) is 1. The Hall–Kier alpha value is -2.08. The molecular formula is C14H13BrN4O. The summed E-state index contributed by atoms with van der Waals surface area (Å²) in [7, 11) is 0. The quantitative estimate of drug-likeness (QED) is 0.797. The predicted molar refractivity (Wildman–Crippen MR) is 81.6 cm³/mol. The molecular weight excluding hydrogens is 320 g/mol. The Bertz CT molecular complexity index is 727. The largest absolute Gasteiger partial charge is 0.492 e. The normalized spacial score (nSPS) is 10.8. The van der Waals surface area contributed by atoms with Gasteiger partial charge >= 0.3 is 0 Å². The molecule has 0 saturated carbocycles. The van der Waals surface area contributed by atoms with E-state index >= 15 is 0 Å². The van der Waals surface area contributed by atoms with Gasteiger partial charge in [-0.25, -0.2) is 9.97 Å². The number of benzene rings is 1. The van der Waals surface area contributed by atoms with Crippen molar-refractivity contribution in [1.82, 2.24) is 14.5 Å². The summed E-state index contributed by atoms with van der Waals surface area (Å²) in [6, 6.07) is 11.6. The molecule has 2 aromatic heterocycles. The zero-order chi connectivity index (χ0) is 13.9. The summed E-state index contributed by atoms with van der Waals surface area (Å²) in [4.78, 5) is 8.64. The average Bonchev–Trinajstić information content (AvgIpc) is 2.75. The highest BCUT2D eigenvalue weighted by Gasteiger charge is 2.09. The van der Waals surface area contributed by atoms with Gasteiger partial charge in [0.25, 0.3) is 0 Å². The molecule has 2 heterocycles. The van der Waals surface area contributed by atoms with Gasteiger partial charge in [-0.15, -0.1) is 0 Å². The van der Waals surface area contributed by atoms with Crippen molar-refractivity contribution in [3.05, 3.63) is 47.1 Å². The lowest BCUT2D eigenvalue weighted by atomic mass is 10.3. The van der Waals surface area contributed by atoms with Crippen molar-refractivity contribution in [2.45, 2.75) is 6.54 Å². The third-order valence-electron chi connectivity index (χ3n) is 2.91. The molecule has 0 amide bonds. The van der Waals surface area contributed by atoms with E-state index in [0.717, 1.165) is 21.4 Å². The molecule has 0 fully saturated rings. The molecule has 0 saturated heterocycles. The van der Waals surface area contributed by atoms with E-state index in [9.17, 15) is 0 Å². The maximum Gasteiger partial charge on any atom is 0.202 e. The first-order chi connectivity index (χ1) is 9.74. The van der Waals surface area contributed by atoms with Gasteiger partial charge in [0.05, 0.1) is 6.54 Å². The summed E-state index contributed by atoms with van der Waals surface area (Å²) in [6.45, 7) is 1.11. The van der Waals surface area contributed by atoms with Crippen molar-refractivity contribution in [2.24, 2.45) is 0 Å². The fraction of sp³-hybridized carbons (Fsp3) is 0.143. The van der Waals surface area contributed by atoms with Crippen LogP contribution in [0.5, 0.6) is 5.75 Å². The third-order valence-corrected chi connectivity index (χ3v) is 3.34. The number of halogens is 1. The molecule has 0 spiro atoms. The number of nitrogens with zero attached hydrogens (tertiary/aromatic N) is 3. The van der Waals surface area contributed by atoms with Crippen molar-refractivity contribution in [3.8, 4) is 5.75 Å². The summed E-state index contributed by atoms with van der Waals surface area (Å²) in [6.07, 6.45) is 1.73. The van der Waals surface area contributed by atoms with Gasteiger partial charge in [-0.3, -0.25) is 4.57 Å². The lowest BCUT2D eigenvalue weighted by Gasteiger charge is -2.08. The standard InChI is InChI=1S/C14H13BrN4O/c15-10-8-12-13(17-9-10)19(14(16)18-12)6-7-20-11-4-2-1-3-5-11/h1-5,8-9H,6-7H2,(H2,16,18). The van der Waals surface area contributed by atoms with Crippen molar-refractivity contribution in [2.75, 3.05) is 12.3 Å². The third kappa shape index (κ3) is 2.60. The number of hydrogen-bond acceptors (Lipinski definition) is 4. The molecule has 20 heavy (non-hydrogen) atoms. The minimum absolute atomic E-state index is 0.447. The molecule has 0 unspecified atom stereocenters. The number of aromatic nitrogens is 3. The Kier molecular flexibility index (Phi) is 3.56. The zero-order valence-electron chi connectivity index (χ0n) is 10.7. The van der Waals surface area contributed by atoms with Crippen LogP contribution in [0.25, 0.3) is 11.2 Å². The Morgan fingerprint density at radius 1 is 1.25 bits per heavy atom. The van der Waals surface area contributed by atoms with Crippen LogP contribution in [-0.2, 0) is 6.54 Å². The number of para-hydroxylation sites is 1. The van der Waals surface area contributed by atoms with Crippen molar-refractivity contribution >= 4 is 33.0 Å². The Morgan fingerprint density at radius 3 is 2.85 bits per heavy atom. The fourth-order valence-corrected chi connectivity index (χ4v) is 2.32. The lowest BCUT2D eigenvalue weighted by molar-refractivity contribution is 0.301. The maximum atomic E-state index is 5.92. The monoisotopic (exact) mass is 332 g/mol. The molecule has 2 N–H and O–H groups in total. The van der Waals surface area contributed by atoms with Crippen LogP contribution >= 0.6 is 15.9 Å². The summed E-state index contributed by atoms with van der Waals surface area (Å²) in [5.41, 5.74) is 7.46. The van der Waals surface area contributed by atoms with Crippen LogP contribution < -0.4 is 10.5 Å². The maximum absolute atomic E-state index is 5.92. The van der Waals surface area contributed by atoms with E-state index in [4.69, 9.17) is 10.5 Å². The topological polar surface area (TPSA) is 66.0 Å². The van der Waals surface area contributed by atoms with Crippen LogP contribution in [0.4, 0.5) is 5.95 Å². The van der Waals surface area contributed by atoms with Gasteiger partial charge in [0.15, 0.2) is 5.65 Å². The van der Waals surface area contributed by atoms with Gasteiger partial charge < -0.3 is 10.5 Å². The fourth-order valence-electron chi connectivity index (χ4n) is 2.00. The molecule has 3 rings (SSSR count). The first-order valence-corrected chi connectivity index (χ1v) is 6.98. The Balaban J connectivity index is 1.76. The zero-order valence-corrected chi connectivity index (χ0v) is 12.2. The molecule has 5 nitrogen and oxygen atoms in total. The first kappa shape index (κ1) is 12.9. The van der Waals surface area contributed by atoms with E-state index in [1.165, 1.54) is 0 Å². The van der Waals surface area contributed by atoms with Gasteiger partial charge in [0.2, 0.25) is 5.95 Å². The average molecular weight is 333 g/mol. The van der Waals surface area contributed by atoms with Gasteiger partial charge in [-0.05, 0) is 34.1 Å². The molecule has 0 bridgehead atoms. The van der Waals surface area contributed by atoms with E-state index in [1.54, 1.807) is 6.20 Å². The highest BCUT2D eigenvalue weighted by molar-refractivity contribution is 9.10. The van der Waals surface area contributed by atoms with E-state index < -0.39 is 0 Å². The summed E-state index contributed by atoms with van der Waals surface area (Å²) in [5, 5.41) is 0. The highest BCUT2D eigenvalue weighted by Crippen LogP contribution is 2.19. The van der Waals surface area contributed by atoms with Gasteiger partial charge in [0.1, 0.15) is 17.9 Å². The van der Waals surface area contributed by atoms with Crippen LogP contribution in [0, 0.1) is 0 Å². The van der Waals surface area contributed by atoms with E-state index in [2.05, 4.69) is 25.9 Å². The molecule has 3 aromatic rings. The number of rotatable bonds is 4. The van der Waals surface area contributed by atoms with E-state index in [0.29, 0.717) is 19.1 Å². The first-order valence-electron chi connectivity index (χ1n) is 6.19. The SMILES string of the molecule is Nc1nc2cc(Br)cnc2n1CCOc1ccccc1. The Labute approximate surface area is 124 Å². The second-order valence-electron chi connectivity index (χ2n) is 4.28. The summed E-state index contributed by atoms with van der Waals surface area (Å²) >= 11 is 3.37. The van der Waals surface area contributed by atoms with Crippen molar-refractivity contribution < 1.29 is 4.74 Å². The smallest absolute Gasteiger partial charge is 0.202 e. The van der Waals surface area contributed by atoms with Crippen molar-refractivity contribution in [1.29, 1.82) is 0 Å². The van der Waals surface area contributed by atoms with Crippen LogP contribution in [0.15, 0.2) is 47.1 Å².